The van der Waals surface area contributed by atoms with Crippen LogP contribution in [0.4, 0.5) is 0 Å². The van der Waals surface area contributed by atoms with Crippen molar-refractivity contribution in [3.63, 3.8) is 0 Å². The maximum atomic E-state index is 12.8. The molecule has 4 N–H and O–H groups in total. The molecule has 1 rings (SSSR count). The van der Waals surface area contributed by atoms with E-state index >= 15 is 0 Å². The van der Waals surface area contributed by atoms with Gasteiger partial charge in [0, 0.05) is 12.8 Å². The molecular formula is C51H98O10. The quantitative estimate of drug-likeness (QED) is 0.0344. The van der Waals surface area contributed by atoms with E-state index < -0.39 is 49.4 Å². The summed E-state index contributed by atoms with van der Waals surface area (Å²) < 4.78 is 22.3. The third-order valence-corrected chi connectivity index (χ3v) is 12.5. The highest BCUT2D eigenvalue weighted by Crippen LogP contribution is 2.23. The van der Waals surface area contributed by atoms with Crippen LogP contribution in [0.3, 0.4) is 0 Å². The van der Waals surface area contributed by atoms with E-state index in [2.05, 4.69) is 13.8 Å². The maximum absolute atomic E-state index is 12.8. The van der Waals surface area contributed by atoms with Crippen molar-refractivity contribution in [1.29, 1.82) is 0 Å². The molecule has 0 bridgehead atoms. The number of carbonyl (C=O) groups excluding carboxylic acids is 2. The van der Waals surface area contributed by atoms with Crippen LogP contribution in [0.5, 0.6) is 0 Å². The second-order valence-electron chi connectivity index (χ2n) is 18.3. The number of aliphatic hydroxyl groups excluding tert-OH is 4. The topological polar surface area (TPSA) is 152 Å². The molecule has 0 spiro atoms. The van der Waals surface area contributed by atoms with Crippen LogP contribution in [0.2, 0.25) is 0 Å². The molecule has 1 aliphatic rings. The van der Waals surface area contributed by atoms with Crippen molar-refractivity contribution in [1.82, 2.24) is 0 Å². The van der Waals surface area contributed by atoms with Gasteiger partial charge in [0.25, 0.3) is 0 Å². The van der Waals surface area contributed by atoms with Crippen molar-refractivity contribution in [3.05, 3.63) is 0 Å². The van der Waals surface area contributed by atoms with Gasteiger partial charge < -0.3 is 39.4 Å². The Balaban J connectivity index is 2.21. The van der Waals surface area contributed by atoms with Gasteiger partial charge in [-0.1, -0.05) is 232 Å². The zero-order valence-electron chi connectivity index (χ0n) is 39.7. The molecule has 10 nitrogen and oxygen atoms in total. The summed E-state index contributed by atoms with van der Waals surface area (Å²) in [7, 11) is 0. The van der Waals surface area contributed by atoms with Crippen LogP contribution in [-0.2, 0) is 28.5 Å². The fraction of sp³-hybridized carbons (Fsp3) is 0.961. The van der Waals surface area contributed by atoms with Gasteiger partial charge >= 0.3 is 11.9 Å². The Morgan fingerprint density at radius 3 is 1.11 bits per heavy atom. The molecule has 362 valence electrons. The predicted octanol–water partition coefficient (Wildman–Crippen LogP) is 12.1. The minimum absolute atomic E-state index is 0.208. The lowest BCUT2D eigenvalue weighted by Gasteiger charge is -2.39. The van der Waals surface area contributed by atoms with Crippen LogP contribution in [0, 0.1) is 0 Å². The largest absolute Gasteiger partial charge is 0.462 e. The average Bonchev–Trinajstić information content (AvgIpc) is 3.26. The molecule has 61 heavy (non-hydrogen) atoms. The first-order valence-electron chi connectivity index (χ1n) is 26.1. The Hall–Kier alpha value is -1.30. The number of hydrogen-bond acceptors (Lipinski definition) is 10. The molecule has 1 heterocycles. The lowest BCUT2D eigenvalue weighted by Crippen LogP contribution is -2.59. The minimum atomic E-state index is -1.59. The van der Waals surface area contributed by atoms with Gasteiger partial charge in [0.1, 0.15) is 31.0 Å². The van der Waals surface area contributed by atoms with E-state index in [4.69, 9.17) is 18.9 Å². The first kappa shape index (κ1) is 57.7. The first-order valence-corrected chi connectivity index (χ1v) is 26.1. The molecule has 6 unspecified atom stereocenters. The number of carbonyl (C=O) groups is 2. The molecule has 0 saturated carbocycles. The number of esters is 2. The summed E-state index contributed by atoms with van der Waals surface area (Å²) in [4.78, 5) is 25.4. The molecule has 0 aromatic heterocycles. The lowest BCUT2D eigenvalue weighted by atomic mass is 9.99. The number of rotatable bonds is 45. The molecule has 0 aromatic rings. The zero-order chi connectivity index (χ0) is 44.4. The van der Waals surface area contributed by atoms with Gasteiger partial charge in [-0.05, 0) is 12.8 Å². The van der Waals surface area contributed by atoms with Crippen molar-refractivity contribution in [3.8, 4) is 0 Å². The van der Waals surface area contributed by atoms with Crippen molar-refractivity contribution < 1.29 is 49.0 Å². The van der Waals surface area contributed by atoms with E-state index in [-0.39, 0.29) is 32.0 Å². The fourth-order valence-electron chi connectivity index (χ4n) is 8.37. The highest BCUT2D eigenvalue weighted by Gasteiger charge is 2.44. The van der Waals surface area contributed by atoms with Gasteiger partial charge in [0.05, 0.1) is 13.2 Å². The summed E-state index contributed by atoms with van der Waals surface area (Å²) in [6, 6.07) is 0. The Labute approximate surface area is 374 Å². The zero-order valence-corrected chi connectivity index (χ0v) is 39.7. The van der Waals surface area contributed by atoms with Crippen LogP contribution in [0.25, 0.3) is 0 Å². The smallest absolute Gasteiger partial charge is 0.306 e. The summed E-state index contributed by atoms with van der Waals surface area (Å²) in [5.74, 6) is -0.786. The molecule has 0 aliphatic carbocycles. The van der Waals surface area contributed by atoms with Crippen molar-refractivity contribution in [2.75, 3.05) is 19.8 Å². The molecule has 0 amide bonds. The van der Waals surface area contributed by atoms with E-state index in [0.29, 0.717) is 6.42 Å². The first-order chi connectivity index (χ1) is 29.8. The van der Waals surface area contributed by atoms with E-state index in [1.807, 2.05) is 0 Å². The number of ether oxygens (including phenoxy) is 4. The Morgan fingerprint density at radius 2 is 0.770 bits per heavy atom. The SMILES string of the molecule is CCCCCCCCCCCCCCCCCCCCCCCCC(=O)OC(COC(=O)CCCCCCCCCCCCCCCC)COC1OC(CO)C(O)C(O)C1O. The molecule has 0 aromatic carbocycles. The molecular weight excluding hydrogens is 773 g/mol. The van der Waals surface area contributed by atoms with Gasteiger partial charge in [-0.2, -0.15) is 0 Å². The normalized spacial score (nSPS) is 19.6. The van der Waals surface area contributed by atoms with Gasteiger partial charge in [0.15, 0.2) is 12.4 Å². The molecule has 1 aliphatic heterocycles. The average molecular weight is 871 g/mol. The van der Waals surface area contributed by atoms with E-state index in [0.717, 1.165) is 32.1 Å². The maximum Gasteiger partial charge on any atom is 0.306 e. The van der Waals surface area contributed by atoms with Crippen LogP contribution < -0.4 is 0 Å². The van der Waals surface area contributed by atoms with Gasteiger partial charge in [0.2, 0.25) is 0 Å². The molecule has 10 heteroatoms. The van der Waals surface area contributed by atoms with E-state index in [1.165, 1.54) is 193 Å². The van der Waals surface area contributed by atoms with Crippen LogP contribution in [0.1, 0.15) is 258 Å². The van der Waals surface area contributed by atoms with Gasteiger partial charge in [-0.25, -0.2) is 0 Å². The highest BCUT2D eigenvalue weighted by atomic mass is 16.7. The second kappa shape index (κ2) is 42.6. The van der Waals surface area contributed by atoms with Gasteiger partial charge in [-0.3, -0.25) is 9.59 Å². The Bertz CT molecular complexity index is 964. The summed E-state index contributed by atoms with van der Waals surface area (Å²) in [5, 5.41) is 40.2. The molecule has 1 fully saturated rings. The third-order valence-electron chi connectivity index (χ3n) is 12.5. The van der Waals surface area contributed by atoms with Crippen LogP contribution in [-0.4, -0.2) is 89.0 Å². The summed E-state index contributed by atoms with van der Waals surface area (Å²) in [6.45, 7) is 3.48. The number of unbranched alkanes of at least 4 members (excludes halogenated alkanes) is 34. The van der Waals surface area contributed by atoms with Crippen LogP contribution >= 0.6 is 0 Å². The van der Waals surface area contributed by atoms with Gasteiger partial charge in [-0.15, -0.1) is 0 Å². The van der Waals surface area contributed by atoms with E-state index in [9.17, 15) is 30.0 Å². The fourth-order valence-corrected chi connectivity index (χ4v) is 8.37. The van der Waals surface area contributed by atoms with E-state index in [1.54, 1.807) is 0 Å². The van der Waals surface area contributed by atoms with Crippen molar-refractivity contribution in [2.24, 2.45) is 0 Å². The van der Waals surface area contributed by atoms with Crippen molar-refractivity contribution >= 4 is 11.9 Å². The van der Waals surface area contributed by atoms with Crippen molar-refractivity contribution in [2.45, 2.75) is 295 Å². The molecule has 0 radical (unpaired) electrons. The molecule has 6 atom stereocenters. The standard InChI is InChI=1S/C51H98O10/c1-3-5-7-9-11-13-15-17-19-20-21-22-23-24-25-26-28-30-32-34-36-38-40-47(54)60-44(43-59-51-50(57)49(56)48(55)45(41-52)61-51)42-58-46(53)39-37-35-33-31-29-27-18-16-14-12-10-8-6-4-2/h44-45,48-52,55-57H,3-43H2,1-2H3. The number of hydrogen-bond donors (Lipinski definition) is 4. The second-order valence-corrected chi connectivity index (χ2v) is 18.3. The minimum Gasteiger partial charge on any atom is -0.462 e. The summed E-state index contributed by atoms with van der Waals surface area (Å²) in [6.07, 6.45) is 38.3. The highest BCUT2D eigenvalue weighted by molar-refractivity contribution is 5.70. The molecule has 1 saturated heterocycles. The summed E-state index contributed by atoms with van der Waals surface area (Å²) >= 11 is 0. The third kappa shape index (κ3) is 33.8. The summed E-state index contributed by atoms with van der Waals surface area (Å²) in [5.41, 5.74) is 0. The van der Waals surface area contributed by atoms with Crippen LogP contribution in [0.15, 0.2) is 0 Å². The lowest BCUT2D eigenvalue weighted by molar-refractivity contribution is -0.305. The number of aliphatic hydroxyl groups is 4. The Morgan fingerprint density at radius 1 is 0.443 bits per heavy atom. The predicted molar refractivity (Wildman–Crippen MR) is 247 cm³/mol. The Kier molecular flexibility index (Phi) is 40.3. The monoisotopic (exact) mass is 871 g/mol.